The molecule has 0 spiro atoms. The standard InChI is InChI=1S/C27H31NO6/c1-6-32-23(29)27(24(30)33-7-2,28-25(31)34-26(3,4)5)17-22-20-14-10-8-12-18(20)16-19-13-9-11-15-21(19)22/h8-16H,6-7,17H2,1-5H3,(H,28,31). The monoisotopic (exact) mass is 465 g/mol. The zero-order valence-corrected chi connectivity index (χ0v) is 20.3. The van der Waals surface area contributed by atoms with Crippen molar-refractivity contribution in [3.8, 4) is 0 Å². The molecule has 3 rings (SSSR count). The summed E-state index contributed by atoms with van der Waals surface area (Å²) in [5.41, 5.74) is -2.27. The highest BCUT2D eigenvalue weighted by Crippen LogP contribution is 2.32. The molecule has 0 fully saturated rings. The van der Waals surface area contributed by atoms with Gasteiger partial charge in [0.25, 0.3) is 0 Å². The summed E-state index contributed by atoms with van der Waals surface area (Å²) in [6.45, 7) is 8.39. The van der Waals surface area contributed by atoms with Gasteiger partial charge in [0.05, 0.1) is 13.2 Å². The molecule has 1 amide bonds. The van der Waals surface area contributed by atoms with E-state index in [9.17, 15) is 14.4 Å². The van der Waals surface area contributed by atoms with Crippen LogP contribution in [0.3, 0.4) is 0 Å². The lowest BCUT2D eigenvalue weighted by molar-refractivity contribution is -0.166. The number of hydrogen-bond acceptors (Lipinski definition) is 6. The number of carbonyl (C=O) groups is 3. The molecule has 0 radical (unpaired) electrons. The highest BCUT2D eigenvalue weighted by Gasteiger charge is 2.52. The number of esters is 2. The van der Waals surface area contributed by atoms with Crippen LogP contribution in [0.2, 0.25) is 0 Å². The minimum Gasteiger partial charge on any atom is -0.464 e. The number of carbonyl (C=O) groups excluding carboxylic acids is 3. The first-order valence-corrected chi connectivity index (χ1v) is 11.4. The Morgan fingerprint density at radius 3 is 1.71 bits per heavy atom. The zero-order valence-electron chi connectivity index (χ0n) is 20.3. The summed E-state index contributed by atoms with van der Waals surface area (Å²) < 4.78 is 16.0. The van der Waals surface area contributed by atoms with Crippen LogP contribution in [0.15, 0.2) is 54.6 Å². The van der Waals surface area contributed by atoms with Crippen molar-refractivity contribution in [1.82, 2.24) is 5.32 Å². The van der Waals surface area contributed by atoms with Crippen LogP contribution in [-0.2, 0) is 30.2 Å². The van der Waals surface area contributed by atoms with Crippen LogP contribution in [0.1, 0.15) is 40.2 Å². The molecule has 3 aromatic carbocycles. The molecule has 7 heteroatoms. The number of alkyl carbamates (subject to hydrolysis) is 1. The summed E-state index contributed by atoms with van der Waals surface area (Å²) in [5.74, 6) is -1.81. The van der Waals surface area contributed by atoms with Gasteiger partial charge in [-0.2, -0.15) is 0 Å². The van der Waals surface area contributed by atoms with Crippen LogP contribution >= 0.6 is 0 Å². The SMILES string of the molecule is CCOC(=O)C(Cc1c2ccccc2cc2ccccc12)(NC(=O)OC(C)(C)C)C(=O)OCC. The van der Waals surface area contributed by atoms with E-state index in [1.807, 2.05) is 54.6 Å². The number of rotatable bonds is 7. The highest BCUT2D eigenvalue weighted by molar-refractivity contribution is 6.10. The van der Waals surface area contributed by atoms with Gasteiger partial charge in [-0.25, -0.2) is 14.4 Å². The van der Waals surface area contributed by atoms with Crippen molar-refractivity contribution in [2.24, 2.45) is 0 Å². The largest absolute Gasteiger partial charge is 0.464 e. The lowest BCUT2D eigenvalue weighted by atomic mass is 9.85. The van der Waals surface area contributed by atoms with Gasteiger partial charge in [0.2, 0.25) is 5.54 Å². The fourth-order valence-corrected chi connectivity index (χ4v) is 3.92. The Kier molecular flexibility index (Phi) is 7.44. The van der Waals surface area contributed by atoms with Crippen molar-refractivity contribution >= 4 is 39.6 Å². The highest BCUT2D eigenvalue weighted by atomic mass is 16.6. The number of ether oxygens (including phenoxy) is 3. The second kappa shape index (κ2) is 10.1. The van der Waals surface area contributed by atoms with E-state index >= 15 is 0 Å². The van der Waals surface area contributed by atoms with E-state index in [1.165, 1.54) is 0 Å². The first-order chi connectivity index (χ1) is 16.1. The van der Waals surface area contributed by atoms with Gasteiger partial charge in [0, 0.05) is 6.42 Å². The van der Waals surface area contributed by atoms with Crippen LogP contribution in [0.5, 0.6) is 0 Å². The molecule has 0 aromatic heterocycles. The Hall–Kier alpha value is -3.61. The van der Waals surface area contributed by atoms with Gasteiger partial charge >= 0.3 is 18.0 Å². The number of benzene rings is 3. The molecular formula is C27H31NO6. The van der Waals surface area contributed by atoms with E-state index in [4.69, 9.17) is 14.2 Å². The van der Waals surface area contributed by atoms with Crippen molar-refractivity contribution in [3.63, 3.8) is 0 Å². The normalized spacial score (nSPS) is 11.8. The topological polar surface area (TPSA) is 90.9 Å². The van der Waals surface area contributed by atoms with E-state index in [0.29, 0.717) is 5.56 Å². The van der Waals surface area contributed by atoms with Crippen molar-refractivity contribution in [2.75, 3.05) is 13.2 Å². The fraction of sp³-hybridized carbons (Fsp3) is 0.370. The Morgan fingerprint density at radius 2 is 1.26 bits per heavy atom. The quantitative estimate of drug-likeness (QED) is 0.230. The molecule has 0 aliphatic carbocycles. The van der Waals surface area contributed by atoms with Crippen LogP contribution in [0.25, 0.3) is 21.5 Å². The van der Waals surface area contributed by atoms with Gasteiger partial charge in [-0.3, -0.25) is 5.32 Å². The molecule has 0 saturated carbocycles. The summed E-state index contributed by atoms with van der Waals surface area (Å²) in [4.78, 5) is 39.6. The molecule has 0 saturated heterocycles. The predicted octanol–water partition coefficient (Wildman–Crippen LogP) is 4.93. The first-order valence-electron chi connectivity index (χ1n) is 11.4. The number of amides is 1. The minimum absolute atomic E-state index is 0.0201. The molecule has 0 unspecified atom stereocenters. The summed E-state index contributed by atoms with van der Waals surface area (Å²) in [6, 6.07) is 17.4. The van der Waals surface area contributed by atoms with Gasteiger partial charge in [0.1, 0.15) is 5.60 Å². The molecule has 0 aliphatic heterocycles. The van der Waals surface area contributed by atoms with Gasteiger partial charge in [-0.1, -0.05) is 48.5 Å². The van der Waals surface area contributed by atoms with E-state index in [0.717, 1.165) is 21.5 Å². The molecule has 3 aromatic rings. The average Bonchev–Trinajstić information content (AvgIpc) is 2.77. The van der Waals surface area contributed by atoms with E-state index < -0.39 is 29.2 Å². The second-order valence-corrected chi connectivity index (χ2v) is 8.95. The smallest absolute Gasteiger partial charge is 0.409 e. The predicted molar refractivity (Wildman–Crippen MR) is 131 cm³/mol. The van der Waals surface area contributed by atoms with Crippen molar-refractivity contribution in [1.29, 1.82) is 0 Å². The molecule has 34 heavy (non-hydrogen) atoms. The van der Waals surface area contributed by atoms with Gasteiger partial charge in [-0.05, 0) is 67.8 Å². The van der Waals surface area contributed by atoms with Crippen LogP contribution in [0.4, 0.5) is 4.79 Å². The molecule has 0 atom stereocenters. The van der Waals surface area contributed by atoms with Gasteiger partial charge in [-0.15, -0.1) is 0 Å². The molecule has 7 nitrogen and oxygen atoms in total. The van der Waals surface area contributed by atoms with Crippen molar-refractivity contribution < 1.29 is 28.6 Å². The van der Waals surface area contributed by atoms with Crippen molar-refractivity contribution in [2.45, 2.75) is 52.2 Å². The zero-order chi connectivity index (χ0) is 24.9. The Balaban J connectivity index is 2.25. The van der Waals surface area contributed by atoms with Gasteiger partial charge < -0.3 is 14.2 Å². The third kappa shape index (κ3) is 5.30. The maximum absolute atomic E-state index is 13.4. The number of hydrogen-bond donors (Lipinski definition) is 1. The number of fused-ring (bicyclic) bond motifs is 2. The van der Waals surface area contributed by atoms with Gasteiger partial charge in [0.15, 0.2) is 0 Å². The molecule has 1 N–H and O–H groups in total. The Bertz CT molecular complexity index is 1140. The molecule has 0 heterocycles. The third-order valence-corrected chi connectivity index (χ3v) is 5.29. The Labute approximate surface area is 199 Å². The maximum atomic E-state index is 13.4. The van der Waals surface area contributed by atoms with Crippen LogP contribution in [0, 0.1) is 0 Å². The van der Waals surface area contributed by atoms with Crippen molar-refractivity contribution in [3.05, 3.63) is 60.2 Å². The second-order valence-electron chi connectivity index (χ2n) is 8.95. The molecule has 180 valence electrons. The third-order valence-electron chi connectivity index (χ3n) is 5.29. The summed E-state index contributed by atoms with van der Waals surface area (Å²) in [6.07, 6.45) is -1.09. The molecule has 0 aliphatic rings. The first kappa shape index (κ1) is 25.0. The summed E-state index contributed by atoms with van der Waals surface area (Å²) in [5, 5.41) is 6.11. The average molecular weight is 466 g/mol. The van der Waals surface area contributed by atoms with E-state index in [1.54, 1.807) is 34.6 Å². The molecule has 0 bridgehead atoms. The van der Waals surface area contributed by atoms with E-state index in [-0.39, 0.29) is 19.6 Å². The molecular weight excluding hydrogens is 434 g/mol. The summed E-state index contributed by atoms with van der Waals surface area (Å²) in [7, 11) is 0. The van der Waals surface area contributed by atoms with Crippen LogP contribution in [-0.4, -0.2) is 42.4 Å². The lowest BCUT2D eigenvalue weighted by Crippen LogP contribution is -2.63. The lowest BCUT2D eigenvalue weighted by Gasteiger charge is -2.32. The fourth-order valence-electron chi connectivity index (χ4n) is 3.92. The summed E-state index contributed by atoms with van der Waals surface area (Å²) >= 11 is 0. The maximum Gasteiger partial charge on any atom is 0.409 e. The van der Waals surface area contributed by atoms with E-state index in [2.05, 4.69) is 5.32 Å². The Morgan fingerprint density at radius 1 is 0.794 bits per heavy atom. The van der Waals surface area contributed by atoms with Crippen LogP contribution < -0.4 is 5.32 Å². The minimum atomic E-state index is -2.14. The number of nitrogens with one attached hydrogen (secondary N) is 1.